The molecule has 5 heterocycles. The highest BCUT2D eigenvalue weighted by Gasteiger charge is 2.49. The van der Waals surface area contributed by atoms with Gasteiger partial charge >= 0.3 is 6.01 Å². The Morgan fingerprint density at radius 3 is 2.85 bits per heavy atom. The summed E-state index contributed by atoms with van der Waals surface area (Å²) in [6.07, 6.45) is 1.97. The SMILES string of the molecule is C=CC(=O)N1CC[C@@H](Oc2nc(OC[C@@]34CCCN3C[C@H](F)C4)nc3c(F)c(-c4ccc(F)c5sc(N)c(C#N)c45)c(F)cc23)C1. The third kappa shape index (κ3) is 4.89. The molecule has 3 saturated heterocycles. The van der Waals surface area contributed by atoms with Crippen LogP contribution in [0.25, 0.3) is 32.1 Å². The number of nitriles is 1. The highest BCUT2D eigenvalue weighted by atomic mass is 32.1. The first-order valence-electron chi connectivity index (χ1n) is 14.8. The lowest BCUT2D eigenvalue weighted by atomic mass is 9.95. The van der Waals surface area contributed by atoms with E-state index in [4.69, 9.17) is 15.2 Å². The largest absolute Gasteiger partial charge is 0.472 e. The molecule has 3 aliphatic rings. The number of benzene rings is 2. The third-order valence-corrected chi connectivity index (χ3v) is 10.2. The summed E-state index contributed by atoms with van der Waals surface area (Å²) < 4.78 is 73.9. The second-order valence-electron chi connectivity index (χ2n) is 11.9. The zero-order valence-electron chi connectivity index (χ0n) is 24.5. The number of nitrogens with two attached hydrogens (primary N) is 1. The minimum atomic E-state index is -1.10. The molecule has 9 nitrogen and oxygen atoms in total. The van der Waals surface area contributed by atoms with Crippen molar-refractivity contribution in [2.75, 3.05) is 38.5 Å². The Morgan fingerprint density at radius 2 is 2.07 bits per heavy atom. The van der Waals surface area contributed by atoms with Gasteiger partial charge in [-0.2, -0.15) is 15.2 Å². The Hall–Kier alpha value is -4.48. The van der Waals surface area contributed by atoms with Gasteiger partial charge in [0.05, 0.1) is 33.3 Å². The fourth-order valence-electron chi connectivity index (χ4n) is 7.02. The molecular weight excluding hydrogens is 624 g/mol. The summed E-state index contributed by atoms with van der Waals surface area (Å²) in [5.74, 6) is -3.24. The van der Waals surface area contributed by atoms with Crippen molar-refractivity contribution in [2.45, 2.75) is 43.5 Å². The predicted octanol–water partition coefficient (Wildman–Crippen LogP) is 5.50. The molecular formula is C32H28F4N6O3S. The molecule has 0 spiro atoms. The van der Waals surface area contributed by atoms with Gasteiger partial charge in [-0.05, 0) is 43.2 Å². The quantitative estimate of drug-likeness (QED) is 0.205. The lowest BCUT2D eigenvalue weighted by Gasteiger charge is -2.30. The van der Waals surface area contributed by atoms with E-state index < -0.39 is 40.8 Å². The molecule has 0 aliphatic carbocycles. The topological polar surface area (TPSA) is 118 Å². The van der Waals surface area contributed by atoms with Crippen LogP contribution in [0, 0.1) is 28.8 Å². The average Bonchev–Trinajstić information content (AvgIpc) is 3.80. The second-order valence-corrected chi connectivity index (χ2v) is 12.9. The number of thiophene rings is 1. The monoisotopic (exact) mass is 652 g/mol. The standard InChI is InChI=1S/C32H28F4N6O3S/c1-2-23(43)41-9-6-17(14-41)45-30-19-10-22(35)25(18-4-5-21(34)28-24(18)20(12-37)29(38)46-28)26(36)27(19)39-31(40-30)44-15-32-7-3-8-42(32)13-16(33)11-32/h2,4-5,10,16-17H,1,3,6-9,11,13-15,38H2/t16-,17-,32+/m1/s1. The number of carbonyl (C=O) groups is 1. The van der Waals surface area contributed by atoms with Crippen LogP contribution in [0.4, 0.5) is 22.6 Å². The predicted molar refractivity (Wildman–Crippen MR) is 164 cm³/mol. The van der Waals surface area contributed by atoms with E-state index >= 15 is 8.78 Å². The highest BCUT2D eigenvalue weighted by molar-refractivity contribution is 7.23. The minimum Gasteiger partial charge on any atom is -0.472 e. The van der Waals surface area contributed by atoms with E-state index in [2.05, 4.69) is 16.5 Å². The van der Waals surface area contributed by atoms with Gasteiger partial charge in [-0.25, -0.2) is 17.6 Å². The summed E-state index contributed by atoms with van der Waals surface area (Å²) in [7, 11) is 0. The van der Waals surface area contributed by atoms with Gasteiger partial charge in [-0.3, -0.25) is 9.69 Å². The van der Waals surface area contributed by atoms with Crippen molar-refractivity contribution in [3.8, 4) is 29.1 Å². The molecule has 0 bridgehead atoms. The van der Waals surface area contributed by atoms with Gasteiger partial charge in [0.1, 0.15) is 47.1 Å². The number of aromatic nitrogens is 2. The van der Waals surface area contributed by atoms with E-state index in [1.54, 1.807) is 0 Å². The van der Waals surface area contributed by atoms with Crippen LogP contribution >= 0.6 is 11.3 Å². The lowest BCUT2D eigenvalue weighted by molar-refractivity contribution is -0.125. The molecule has 3 atom stereocenters. The lowest BCUT2D eigenvalue weighted by Crippen LogP contribution is -2.43. The summed E-state index contributed by atoms with van der Waals surface area (Å²) >= 11 is 0.811. The van der Waals surface area contributed by atoms with Crippen molar-refractivity contribution in [2.24, 2.45) is 0 Å². The molecule has 3 fully saturated rings. The van der Waals surface area contributed by atoms with Gasteiger partial charge < -0.3 is 20.1 Å². The smallest absolute Gasteiger partial charge is 0.320 e. The van der Waals surface area contributed by atoms with Crippen LogP contribution in [0.15, 0.2) is 30.9 Å². The second kappa shape index (κ2) is 11.4. The van der Waals surface area contributed by atoms with Gasteiger partial charge in [-0.15, -0.1) is 11.3 Å². The number of nitrogens with zero attached hydrogens (tertiary/aromatic N) is 5. The normalized spacial score (nSPS) is 22.8. The van der Waals surface area contributed by atoms with E-state index in [0.29, 0.717) is 19.5 Å². The van der Waals surface area contributed by atoms with Crippen LogP contribution in [-0.4, -0.2) is 76.3 Å². The number of amides is 1. The molecule has 0 radical (unpaired) electrons. The Bertz CT molecular complexity index is 1960. The zero-order chi connectivity index (χ0) is 32.3. The minimum absolute atomic E-state index is 0.00970. The molecule has 14 heteroatoms. The molecule has 2 N–H and O–H groups in total. The van der Waals surface area contributed by atoms with Crippen LogP contribution in [-0.2, 0) is 4.79 Å². The van der Waals surface area contributed by atoms with Crippen LogP contribution in [0.1, 0.15) is 31.2 Å². The van der Waals surface area contributed by atoms with E-state index in [0.717, 1.165) is 42.9 Å². The van der Waals surface area contributed by atoms with E-state index in [9.17, 15) is 18.8 Å². The first-order valence-corrected chi connectivity index (χ1v) is 15.6. The Kier molecular flexibility index (Phi) is 7.48. The number of anilines is 1. The van der Waals surface area contributed by atoms with Crippen LogP contribution in [0.5, 0.6) is 11.9 Å². The maximum Gasteiger partial charge on any atom is 0.320 e. The number of halogens is 4. The fourth-order valence-corrected chi connectivity index (χ4v) is 7.97. The molecule has 2 aromatic carbocycles. The maximum atomic E-state index is 16.6. The first-order chi connectivity index (χ1) is 22.1. The number of alkyl halides is 1. The van der Waals surface area contributed by atoms with E-state index in [1.807, 2.05) is 11.0 Å². The van der Waals surface area contributed by atoms with Gasteiger partial charge in [-0.1, -0.05) is 12.6 Å². The van der Waals surface area contributed by atoms with Crippen LogP contribution in [0.2, 0.25) is 0 Å². The van der Waals surface area contributed by atoms with Crippen molar-refractivity contribution in [1.29, 1.82) is 5.26 Å². The molecule has 2 aromatic heterocycles. The summed E-state index contributed by atoms with van der Waals surface area (Å²) in [6, 6.07) is 4.94. The van der Waals surface area contributed by atoms with Gasteiger partial charge in [0.2, 0.25) is 11.8 Å². The van der Waals surface area contributed by atoms with Crippen LogP contribution < -0.4 is 15.2 Å². The Balaban J connectivity index is 1.35. The summed E-state index contributed by atoms with van der Waals surface area (Å²) in [6.45, 7) is 5.20. The molecule has 4 aromatic rings. The number of hydrogen-bond donors (Lipinski definition) is 1. The van der Waals surface area contributed by atoms with E-state index in [1.165, 1.54) is 17.0 Å². The maximum absolute atomic E-state index is 16.6. The molecule has 0 unspecified atom stereocenters. The third-order valence-electron chi connectivity index (χ3n) is 9.17. The average molecular weight is 653 g/mol. The summed E-state index contributed by atoms with van der Waals surface area (Å²) in [5, 5.41) is 9.66. The molecule has 7 rings (SSSR count). The van der Waals surface area contributed by atoms with Gasteiger partial charge in [0, 0.05) is 31.3 Å². The van der Waals surface area contributed by atoms with Crippen molar-refractivity contribution < 1.29 is 31.8 Å². The molecule has 46 heavy (non-hydrogen) atoms. The zero-order valence-corrected chi connectivity index (χ0v) is 25.3. The van der Waals surface area contributed by atoms with Crippen molar-refractivity contribution in [1.82, 2.24) is 19.8 Å². The molecule has 1 amide bonds. The van der Waals surface area contributed by atoms with Gasteiger partial charge in [0.15, 0.2) is 5.82 Å². The molecule has 0 saturated carbocycles. The number of nitrogen functional groups attached to an aromatic ring is 1. The van der Waals surface area contributed by atoms with Crippen LogP contribution in [0.3, 0.4) is 0 Å². The number of likely N-dealkylation sites (tertiary alicyclic amines) is 1. The number of fused-ring (bicyclic) bond motifs is 3. The first kappa shape index (κ1) is 30.2. The number of carbonyl (C=O) groups excluding carboxylic acids is 1. The number of ether oxygens (including phenoxy) is 2. The van der Waals surface area contributed by atoms with Gasteiger partial charge in [0.25, 0.3) is 0 Å². The number of hydrogen-bond acceptors (Lipinski definition) is 9. The highest BCUT2D eigenvalue weighted by Crippen LogP contribution is 2.45. The Morgan fingerprint density at radius 1 is 1.24 bits per heavy atom. The fraction of sp³-hybridized carbons (Fsp3) is 0.375. The molecule has 238 valence electrons. The number of rotatable bonds is 7. The van der Waals surface area contributed by atoms with E-state index in [-0.39, 0.29) is 74.5 Å². The molecule has 3 aliphatic heterocycles. The summed E-state index contributed by atoms with van der Waals surface area (Å²) in [4.78, 5) is 24.5. The Labute approximate surface area is 264 Å². The van der Waals surface area contributed by atoms with Crippen molar-refractivity contribution >= 4 is 43.2 Å². The van der Waals surface area contributed by atoms with Crippen molar-refractivity contribution in [3.05, 3.63) is 53.9 Å². The van der Waals surface area contributed by atoms with Crippen molar-refractivity contribution in [3.63, 3.8) is 0 Å². The summed E-state index contributed by atoms with van der Waals surface area (Å²) in [5.41, 5.74) is 4.38.